The van der Waals surface area contributed by atoms with Crippen LogP contribution in [-0.2, 0) is 37.5 Å². The van der Waals surface area contributed by atoms with Gasteiger partial charge >= 0.3 is 0 Å². The van der Waals surface area contributed by atoms with Crippen molar-refractivity contribution in [1.82, 2.24) is 0 Å². The van der Waals surface area contributed by atoms with E-state index in [1.165, 1.54) is 11.1 Å². The third-order valence-corrected chi connectivity index (χ3v) is 3.50. The summed E-state index contributed by atoms with van der Waals surface area (Å²) in [6.45, 7) is 10.1. The second-order valence-corrected chi connectivity index (χ2v) is 5.78. The molecule has 1 atom stereocenters. The second kappa shape index (κ2) is 8.49. The maximum absolute atomic E-state index is 11.6. The molecule has 1 aliphatic rings. The number of aliphatic hydroxyl groups is 1. The summed E-state index contributed by atoms with van der Waals surface area (Å²) in [4.78, 5) is 11.6. The smallest absolute Gasteiger partial charge is 0.133 e. The topological polar surface area (TPSA) is 37.3 Å². The Morgan fingerprint density at radius 2 is 1.95 bits per heavy atom. The standard InChI is InChI=1S/C15H24O2.CH4.Y/c1-6-12(16)9-15(4,5)14-11(3)7-10(2)8-13(14)17;;/h8,13,17H,6-7,9H2,1-5H3;1H4;. The zero-order chi connectivity index (χ0) is 13.2. The van der Waals surface area contributed by atoms with Crippen LogP contribution in [0.4, 0.5) is 0 Å². The summed E-state index contributed by atoms with van der Waals surface area (Å²) in [5.41, 5.74) is 3.21. The molecule has 1 rings (SSSR count). The van der Waals surface area contributed by atoms with Gasteiger partial charge in [0.2, 0.25) is 0 Å². The van der Waals surface area contributed by atoms with Gasteiger partial charge in [0.25, 0.3) is 0 Å². The van der Waals surface area contributed by atoms with Gasteiger partial charge < -0.3 is 5.11 Å². The van der Waals surface area contributed by atoms with Crippen LogP contribution in [0.1, 0.15) is 61.3 Å². The Bertz CT molecular complexity index is 378. The van der Waals surface area contributed by atoms with Crippen molar-refractivity contribution in [2.24, 2.45) is 5.41 Å². The Morgan fingerprint density at radius 3 is 2.37 bits per heavy atom. The van der Waals surface area contributed by atoms with Crippen molar-refractivity contribution >= 4 is 5.78 Å². The molecule has 1 aliphatic carbocycles. The molecular formula is C16H28O2Y. The molecular weight excluding hydrogens is 313 g/mol. The Balaban J connectivity index is 0. The number of ketones is 1. The van der Waals surface area contributed by atoms with Crippen LogP contribution in [0.5, 0.6) is 0 Å². The molecule has 19 heavy (non-hydrogen) atoms. The minimum atomic E-state index is -0.525. The van der Waals surface area contributed by atoms with Gasteiger partial charge in [-0.2, -0.15) is 0 Å². The van der Waals surface area contributed by atoms with Crippen LogP contribution in [0, 0.1) is 5.41 Å². The van der Waals surface area contributed by atoms with E-state index in [2.05, 4.69) is 20.8 Å². The first kappa shape index (κ1) is 21.5. The average molecular weight is 341 g/mol. The van der Waals surface area contributed by atoms with Gasteiger partial charge in [-0.25, -0.2) is 0 Å². The fourth-order valence-corrected chi connectivity index (χ4v) is 2.87. The largest absolute Gasteiger partial charge is 0.385 e. The van der Waals surface area contributed by atoms with Crippen molar-refractivity contribution in [3.8, 4) is 0 Å². The van der Waals surface area contributed by atoms with Crippen molar-refractivity contribution in [3.05, 3.63) is 22.8 Å². The molecule has 107 valence electrons. The van der Waals surface area contributed by atoms with Crippen LogP contribution in [0.2, 0.25) is 0 Å². The Kier molecular flexibility index (Phi) is 9.61. The summed E-state index contributed by atoms with van der Waals surface area (Å²) in [6, 6.07) is 0. The zero-order valence-corrected chi connectivity index (χ0v) is 15.0. The average Bonchev–Trinajstić information content (AvgIpc) is 2.14. The molecule has 1 radical (unpaired) electrons. The van der Waals surface area contributed by atoms with Gasteiger partial charge in [-0.1, -0.05) is 45.4 Å². The fraction of sp³-hybridized carbons (Fsp3) is 0.688. The number of hydrogen-bond acceptors (Lipinski definition) is 2. The van der Waals surface area contributed by atoms with Gasteiger partial charge in [-0.3, -0.25) is 4.79 Å². The van der Waals surface area contributed by atoms with E-state index >= 15 is 0 Å². The summed E-state index contributed by atoms with van der Waals surface area (Å²) in [6.07, 6.45) is 3.38. The Hall–Kier alpha value is 0.214. The first-order valence-electron chi connectivity index (χ1n) is 6.35. The quantitative estimate of drug-likeness (QED) is 0.784. The predicted octanol–water partition coefficient (Wildman–Crippen LogP) is 4.04. The van der Waals surface area contributed by atoms with Crippen molar-refractivity contribution in [2.75, 3.05) is 0 Å². The van der Waals surface area contributed by atoms with Crippen LogP contribution in [0.15, 0.2) is 22.8 Å². The minimum Gasteiger partial charge on any atom is -0.385 e. The zero-order valence-electron chi connectivity index (χ0n) is 12.2. The second-order valence-electron chi connectivity index (χ2n) is 5.78. The van der Waals surface area contributed by atoms with Crippen molar-refractivity contribution in [2.45, 2.75) is 67.4 Å². The third-order valence-electron chi connectivity index (χ3n) is 3.50. The van der Waals surface area contributed by atoms with E-state index in [0.717, 1.165) is 12.0 Å². The summed E-state index contributed by atoms with van der Waals surface area (Å²) >= 11 is 0. The summed E-state index contributed by atoms with van der Waals surface area (Å²) in [5, 5.41) is 10.2. The van der Waals surface area contributed by atoms with E-state index in [4.69, 9.17) is 0 Å². The number of allylic oxidation sites excluding steroid dienone is 2. The molecule has 0 aromatic heterocycles. The Morgan fingerprint density at radius 1 is 1.42 bits per heavy atom. The van der Waals surface area contributed by atoms with Crippen molar-refractivity contribution in [3.63, 3.8) is 0 Å². The van der Waals surface area contributed by atoms with Gasteiger partial charge in [-0.15, -0.1) is 0 Å². The van der Waals surface area contributed by atoms with E-state index in [1.54, 1.807) is 0 Å². The number of aliphatic hydroxyl groups excluding tert-OH is 1. The molecule has 0 aliphatic heterocycles. The number of rotatable bonds is 4. The first-order chi connectivity index (χ1) is 7.77. The van der Waals surface area contributed by atoms with Gasteiger partial charge in [0.05, 0.1) is 6.10 Å². The van der Waals surface area contributed by atoms with Gasteiger partial charge in [0.15, 0.2) is 0 Å². The number of Topliss-reactive ketones (excluding diaryl/α,β-unsaturated/α-hetero) is 1. The number of carbonyl (C=O) groups excluding carboxylic acids is 1. The summed E-state index contributed by atoms with van der Waals surface area (Å²) in [7, 11) is 0. The van der Waals surface area contributed by atoms with E-state index in [-0.39, 0.29) is 51.3 Å². The van der Waals surface area contributed by atoms with Crippen molar-refractivity contribution < 1.29 is 42.6 Å². The van der Waals surface area contributed by atoms with Crippen molar-refractivity contribution in [1.29, 1.82) is 0 Å². The van der Waals surface area contributed by atoms with Crippen LogP contribution >= 0.6 is 0 Å². The van der Waals surface area contributed by atoms with E-state index in [1.807, 2.05) is 19.9 Å². The Labute approximate surface area is 143 Å². The summed E-state index contributed by atoms with van der Waals surface area (Å²) in [5.74, 6) is 0.258. The van der Waals surface area contributed by atoms with E-state index < -0.39 is 6.10 Å². The predicted molar refractivity (Wildman–Crippen MR) is 77.5 cm³/mol. The van der Waals surface area contributed by atoms with Crippen LogP contribution < -0.4 is 0 Å². The SMILES string of the molecule is C.CCC(=O)CC(C)(C)C1=C(C)CC(C)=CC1O.[Y]. The van der Waals surface area contributed by atoms with Gasteiger partial charge in [0.1, 0.15) is 5.78 Å². The molecule has 0 saturated heterocycles. The molecule has 0 heterocycles. The number of hydrogen-bond donors (Lipinski definition) is 1. The molecule has 1 N–H and O–H groups in total. The molecule has 0 aromatic rings. The van der Waals surface area contributed by atoms with E-state index in [0.29, 0.717) is 12.8 Å². The molecule has 0 spiro atoms. The maximum Gasteiger partial charge on any atom is 0.133 e. The fourth-order valence-electron chi connectivity index (χ4n) is 2.87. The third kappa shape index (κ3) is 5.61. The van der Waals surface area contributed by atoms with E-state index in [9.17, 15) is 9.90 Å². The minimum absolute atomic E-state index is 0. The molecule has 1 unspecified atom stereocenters. The monoisotopic (exact) mass is 341 g/mol. The molecule has 3 heteroatoms. The molecule has 0 saturated carbocycles. The first-order valence-corrected chi connectivity index (χ1v) is 6.35. The number of carbonyl (C=O) groups is 1. The normalized spacial score (nSPS) is 19.3. The molecule has 0 aromatic carbocycles. The molecule has 2 nitrogen and oxygen atoms in total. The maximum atomic E-state index is 11.6. The van der Waals surface area contributed by atoms with Crippen LogP contribution in [0.3, 0.4) is 0 Å². The van der Waals surface area contributed by atoms with Gasteiger partial charge in [-0.05, 0) is 31.3 Å². The molecule has 0 amide bonds. The summed E-state index contributed by atoms with van der Waals surface area (Å²) < 4.78 is 0. The van der Waals surface area contributed by atoms with Crippen LogP contribution in [0.25, 0.3) is 0 Å². The van der Waals surface area contributed by atoms with Gasteiger partial charge in [0, 0.05) is 45.6 Å². The van der Waals surface area contributed by atoms with Crippen LogP contribution in [-0.4, -0.2) is 17.0 Å². The molecule has 0 bridgehead atoms. The molecule has 0 fully saturated rings.